The molecule has 0 unspecified atom stereocenters. The standard InChI is InChI=1S/C20H23N5O2/c21-15-18-14-19(25(26)27)6-7-20(18)22-8-9-23-10-12-24(13-11-23)16-17-4-2-1-3-5-17/h1-7,14,22H,8-13,16H2. The third kappa shape index (κ3) is 5.26. The fourth-order valence-electron chi connectivity index (χ4n) is 3.25. The lowest BCUT2D eigenvalue weighted by Gasteiger charge is -2.34. The Morgan fingerprint density at radius 2 is 1.78 bits per heavy atom. The monoisotopic (exact) mass is 365 g/mol. The number of nitrogens with zero attached hydrogens (tertiary/aromatic N) is 4. The Hall–Kier alpha value is -2.95. The lowest BCUT2D eigenvalue weighted by molar-refractivity contribution is -0.384. The summed E-state index contributed by atoms with van der Waals surface area (Å²) in [4.78, 5) is 15.2. The molecule has 140 valence electrons. The van der Waals surface area contributed by atoms with E-state index in [9.17, 15) is 15.4 Å². The van der Waals surface area contributed by atoms with Gasteiger partial charge in [0.2, 0.25) is 0 Å². The van der Waals surface area contributed by atoms with Gasteiger partial charge in [-0.1, -0.05) is 30.3 Å². The van der Waals surface area contributed by atoms with Crippen LogP contribution < -0.4 is 5.32 Å². The Bertz CT molecular complexity index is 811. The van der Waals surface area contributed by atoms with Crippen LogP contribution in [0.5, 0.6) is 0 Å². The van der Waals surface area contributed by atoms with E-state index in [1.165, 1.54) is 17.7 Å². The summed E-state index contributed by atoms with van der Waals surface area (Å²) in [6, 6.07) is 16.9. The second-order valence-corrected chi connectivity index (χ2v) is 6.63. The molecule has 3 rings (SSSR count). The summed E-state index contributed by atoms with van der Waals surface area (Å²) in [5, 5.41) is 23.2. The molecule has 1 heterocycles. The number of anilines is 1. The van der Waals surface area contributed by atoms with Gasteiger partial charge in [-0.05, 0) is 11.6 Å². The minimum Gasteiger partial charge on any atom is -0.383 e. The average Bonchev–Trinajstić information content (AvgIpc) is 2.70. The molecule has 1 aliphatic rings. The van der Waals surface area contributed by atoms with Crippen molar-refractivity contribution in [3.8, 4) is 6.07 Å². The van der Waals surface area contributed by atoms with Gasteiger partial charge in [0.15, 0.2) is 0 Å². The van der Waals surface area contributed by atoms with Crippen molar-refractivity contribution in [3.05, 3.63) is 69.8 Å². The van der Waals surface area contributed by atoms with Gasteiger partial charge in [-0.3, -0.25) is 19.9 Å². The Morgan fingerprint density at radius 1 is 1.07 bits per heavy atom. The van der Waals surface area contributed by atoms with Crippen molar-refractivity contribution in [1.82, 2.24) is 9.80 Å². The summed E-state index contributed by atoms with van der Waals surface area (Å²) in [6.45, 7) is 6.67. The van der Waals surface area contributed by atoms with Crippen molar-refractivity contribution in [2.24, 2.45) is 0 Å². The van der Waals surface area contributed by atoms with Crippen molar-refractivity contribution in [1.29, 1.82) is 5.26 Å². The summed E-state index contributed by atoms with van der Waals surface area (Å²) in [7, 11) is 0. The Labute approximate surface area is 159 Å². The number of benzene rings is 2. The SMILES string of the molecule is N#Cc1cc([N+](=O)[O-])ccc1NCCN1CCN(Cc2ccccc2)CC1. The number of nitro benzene ring substituents is 1. The summed E-state index contributed by atoms with van der Waals surface area (Å²) in [6.07, 6.45) is 0. The molecule has 0 radical (unpaired) electrons. The lowest BCUT2D eigenvalue weighted by atomic mass is 10.1. The highest BCUT2D eigenvalue weighted by atomic mass is 16.6. The highest BCUT2D eigenvalue weighted by molar-refractivity contribution is 5.61. The predicted octanol–water partition coefficient (Wildman–Crippen LogP) is 2.70. The van der Waals surface area contributed by atoms with Crippen LogP contribution in [0.2, 0.25) is 0 Å². The van der Waals surface area contributed by atoms with Crippen LogP contribution in [0.15, 0.2) is 48.5 Å². The van der Waals surface area contributed by atoms with Crippen LogP contribution in [0.4, 0.5) is 11.4 Å². The maximum absolute atomic E-state index is 10.8. The van der Waals surface area contributed by atoms with Crippen LogP contribution >= 0.6 is 0 Å². The third-order valence-electron chi connectivity index (χ3n) is 4.79. The molecule has 1 fully saturated rings. The first-order valence-corrected chi connectivity index (χ1v) is 9.07. The first-order valence-electron chi connectivity index (χ1n) is 9.07. The lowest BCUT2D eigenvalue weighted by Crippen LogP contribution is -2.47. The molecule has 0 amide bonds. The van der Waals surface area contributed by atoms with E-state index in [0.717, 1.165) is 39.3 Å². The number of piperazine rings is 1. The summed E-state index contributed by atoms with van der Waals surface area (Å²) >= 11 is 0. The summed E-state index contributed by atoms with van der Waals surface area (Å²) < 4.78 is 0. The van der Waals surface area contributed by atoms with Crippen LogP contribution in [-0.4, -0.2) is 54.0 Å². The Balaban J connectivity index is 1.43. The van der Waals surface area contributed by atoms with E-state index in [1.54, 1.807) is 6.07 Å². The van der Waals surface area contributed by atoms with Crippen molar-refractivity contribution in [2.45, 2.75) is 6.54 Å². The van der Waals surface area contributed by atoms with Crippen molar-refractivity contribution in [3.63, 3.8) is 0 Å². The molecule has 0 atom stereocenters. The van der Waals surface area contributed by atoms with Gasteiger partial charge in [0.05, 0.1) is 16.2 Å². The van der Waals surface area contributed by atoms with Crippen LogP contribution in [0.3, 0.4) is 0 Å². The van der Waals surface area contributed by atoms with Crippen LogP contribution in [0.1, 0.15) is 11.1 Å². The van der Waals surface area contributed by atoms with E-state index in [1.807, 2.05) is 12.1 Å². The van der Waals surface area contributed by atoms with Gasteiger partial charge < -0.3 is 5.32 Å². The minimum atomic E-state index is -0.487. The highest BCUT2D eigenvalue weighted by Gasteiger charge is 2.17. The maximum Gasteiger partial charge on any atom is 0.270 e. The molecule has 0 spiro atoms. The fraction of sp³-hybridized carbons (Fsp3) is 0.350. The maximum atomic E-state index is 10.8. The molecule has 0 aliphatic carbocycles. The zero-order valence-electron chi connectivity index (χ0n) is 15.2. The molecule has 1 N–H and O–H groups in total. The number of hydrogen-bond acceptors (Lipinski definition) is 6. The number of rotatable bonds is 7. The van der Waals surface area contributed by atoms with Crippen LogP contribution in [0.25, 0.3) is 0 Å². The molecular weight excluding hydrogens is 342 g/mol. The van der Waals surface area contributed by atoms with Gasteiger partial charge in [0.25, 0.3) is 5.69 Å². The summed E-state index contributed by atoms with van der Waals surface area (Å²) in [5.74, 6) is 0. The topological polar surface area (TPSA) is 85.4 Å². The van der Waals surface area contributed by atoms with Crippen molar-refractivity contribution < 1.29 is 4.92 Å². The molecule has 27 heavy (non-hydrogen) atoms. The Kier molecular flexibility index (Phi) is 6.36. The quantitative estimate of drug-likeness (QED) is 0.600. The van der Waals surface area contributed by atoms with Crippen LogP contribution in [0, 0.1) is 21.4 Å². The molecule has 0 aromatic heterocycles. The van der Waals surface area contributed by atoms with Gasteiger partial charge in [0.1, 0.15) is 6.07 Å². The highest BCUT2D eigenvalue weighted by Crippen LogP contribution is 2.21. The van der Waals surface area contributed by atoms with E-state index in [4.69, 9.17) is 0 Å². The molecule has 0 bridgehead atoms. The molecule has 1 aliphatic heterocycles. The molecule has 2 aromatic carbocycles. The normalized spacial score (nSPS) is 15.2. The number of hydrogen-bond donors (Lipinski definition) is 1. The number of nitrogens with one attached hydrogen (secondary N) is 1. The van der Waals surface area contributed by atoms with E-state index < -0.39 is 4.92 Å². The van der Waals surface area contributed by atoms with E-state index in [-0.39, 0.29) is 5.69 Å². The minimum absolute atomic E-state index is 0.0633. The third-order valence-corrected chi connectivity index (χ3v) is 4.79. The number of non-ortho nitro benzene ring substituents is 1. The molecule has 7 nitrogen and oxygen atoms in total. The van der Waals surface area contributed by atoms with E-state index >= 15 is 0 Å². The van der Waals surface area contributed by atoms with Crippen LogP contribution in [-0.2, 0) is 6.54 Å². The molecule has 0 saturated carbocycles. The second kappa shape index (κ2) is 9.12. The molecular formula is C20H23N5O2. The first-order chi connectivity index (χ1) is 13.2. The summed E-state index contributed by atoms with van der Waals surface area (Å²) in [5.41, 5.74) is 2.23. The smallest absolute Gasteiger partial charge is 0.270 e. The number of nitro groups is 1. The largest absolute Gasteiger partial charge is 0.383 e. The van der Waals surface area contributed by atoms with Crippen molar-refractivity contribution in [2.75, 3.05) is 44.6 Å². The van der Waals surface area contributed by atoms with Gasteiger partial charge in [-0.2, -0.15) is 5.26 Å². The van der Waals surface area contributed by atoms with Gasteiger partial charge in [0, 0.05) is 57.9 Å². The Morgan fingerprint density at radius 3 is 2.44 bits per heavy atom. The second-order valence-electron chi connectivity index (χ2n) is 6.63. The first kappa shape index (κ1) is 18.8. The van der Waals surface area contributed by atoms with E-state index in [0.29, 0.717) is 17.8 Å². The fourth-order valence-corrected chi connectivity index (χ4v) is 3.25. The average molecular weight is 365 g/mol. The predicted molar refractivity (Wildman–Crippen MR) is 104 cm³/mol. The van der Waals surface area contributed by atoms with Crippen molar-refractivity contribution >= 4 is 11.4 Å². The zero-order valence-corrected chi connectivity index (χ0v) is 15.2. The van der Waals surface area contributed by atoms with Gasteiger partial charge >= 0.3 is 0 Å². The zero-order chi connectivity index (χ0) is 19.1. The van der Waals surface area contributed by atoms with E-state index in [2.05, 4.69) is 39.4 Å². The molecule has 7 heteroatoms. The number of nitriles is 1. The van der Waals surface area contributed by atoms with Gasteiger partial charge in [-0.25, -0.2) is 0 Å². The molecule has 1 saturated heterocycles. The molecule has 2 aromatic rings. The van der Waals surface area contributed by atoms with Gasteiger partial charge in [-0.15, -0.1) is 0 Å².